The maximum atomic E-state index is 12.5. The van der Waals surface area contributed by atoms with Gasteiger partial charge in [0.15, 0.2) is 0 Å². The zero-order valence-corrected chi connectivity index (χ0v) is 13.4. The number of pyridine rings is 1. The second-order valence-electron chi connectivity index (χ2n) is 5.95. The van der Waals surface area contributed by atoms with E-state index in [4.69, 9.17) is 0 Å². The van der Waals surface area contributed by atoms with Crippen molar-refractivity contribution in [3.8, 4) is 0 Å². The second-order valence-corrected chi connectivity index (χ2v) is 7.70. The van der Waals surface area contributed by atoms with Crippen LogP contribution in [0.1, 0.15) is 25.3 Å². The number of benzene rings is 1. The van der Waals surface area contributed by atoms with E-state index in [0.29, 0.717) is 6.04 Å². The molecule has 1 saturated heterocycles. The highest BCUT2D eigenvalue weighted by Gasteiger charge is 2.23. The molecule has 22 heavy (non-hydrogen) atoms. The maximum absolute atomic E-state index is 12.5. The van der Waals surface area contributed by atoms with Crippen molar-refractivity contribution in [2.75, 3.05) is 6.54 Å². The fourth-order valence-electron chi connectivity index (χ4n) is 3.02. The van der Waals surface area contributed by atoms with Gasteiger partial charge in [-0.3, -0.25) is 4.98 Å². The summed E-state index contributed by atoms with van der Waals surface area (Å²) < 4.78 is 27.8. The van der Waals surface area contributed by atoms with Crippen LogP contribution in [0.25, 0.3) is 10.9 Å². The molecule has 0 saturated carbocycles. The summed E-state index contributed by atoms with van der Waals surface area (Å²) in [4.78, 5) is 4.32. The Balaban J connectivity index is 1.78. The van der Waals surface area contributed by atoms with E-state index in [-0.39, 0.29) is 11.8 Å². The third-order valence-electron chi connectivity index (χ3n) is 4.03. The van der Waals surface area contributed by atoms with E-state index in [1.165, 1.54) is 0 Å². The van der Waals surface area contributed by atoms with E-state index in [2.05, 4.69) is 21.9 Å². The Hall–Kier alpha value is -1.50. The highest BCUT2D eigenvalue weighted by atomic mass is 32.2. The third-order valence-corrected chi connectivity index (χ3v) is 5.42. The maximum Gasteiger partial charge on any atom is 0.216 e. The number of piperidine rings is 1. The average molecular weight is 319 g/mol. The Morgan fingerprint density at radius 2 is 2.14 bits per heavy atom. The van der Waals surface area contributed by atoms with Crippen LogP contribution in [0.4, 0.5) is 0 Å². The molecule has 118 valence electrons. The van der Waals surface area contributed by atoms with Crippen LogP contribution in [0.2, 0.25) is 0 Å². The first-order valence-electron chi connectivity index (χ1n) is 7.59. The molecule has 2 N–H and O–H groups in total. The molecule has 1 aliphatic rings. The number of para-hydroxylation sites is 1. The van der Waals surface area contributed by atoms with Crippen LogP contribution >= 0.6 is 0 Å². The van der Waals surface area contributed by atoms with Crippen LogP contribution in [0.15, 0.2) is 36.5 Å². The first-order valence-corrected chi connectivity index (χ1v) is 9.25. The molecule has 0 bridgehead atoms. The monoisotopic (exact) mass is 319 g/mol. The van der Waals surface area contributed by atoms with Gasteiger partial charge in [-0.15, -0.1) is 0 Å². The topological polar surface area (TPSA) is 71.1 Å². The molecule has 6 heteroatoms. The van der Waals surface area contributed by atoms with Crippen molar-refractivity contribution < 1.29 is 8.42 Å². The zero-order valence-electron chi connectivity index (χ0n) is 12.6. The van der Waals surface area contributed by atoms with Crippen LogP contribution in [0.5, 0.6) is 0 Å². The summed E-state index contributed by atoms with van der Waals surface area (Å²) in [6, 6.07) is 9.82. The van der Waals surface area contributed by atoms with Crippen molar-refractivity contribution >= 4 is 20.9 Å². The summed E-state index contributed by atoms with van der Waals surface area (Å²) in [5.41, 5.74) is 1.50. The number of fused-ring (bicyclic) bond motifs is 1. The molecule has 3 rings (SSSR count). The Morgan fingerprint density at radius 1 is 1.32 bits per heavy atom. The first kappa shape index (κ1) is 15.4. The number of nitrogens with one attached hydrogen (secondary N) is 2. The van der Waals surface area contributed by atoms with Gasteiger partial charge in [0.2, 0.25) is 10.0 Å². The van der Waals surface area contributed by atoms with Gasteiger partial charge in [-0.2, -0.15) is 0 Å². The minimum Gasteiger partial charge on any atom is -0.314 e. The van der Waals surface area contributed by atoms with Crippen molar-refractivity contribution in [3.63, 3.8) is 0 Å². The van der Waals surface area contributed by atoms with Crippen LogP contribution in [-0.4, -0.2) is 32.0 Å². The van der Waals surface area contributed by atoms with E-state index in [0.717, 1.165) is 35.9 Å². The van der Waals surface area contributed by atoms with Crippen LogP contribution in [-0.2, 0) is 15.8 Å². The molecule has 2 aromatic rings. The summed E-state index contributed by atoms with van der Waals surface area (Å²) in [5.74, 6) is -0.0281. The Labute approximate surface area is 131 Å². The quantitative estimate of drug-likeness (QED) is 0.901. The first-order chi connectivity index (χ1) is 10.5. The molecule has 2 atom stereocenters. The van der Waals surface area contributed by atoms with E-state index >= 15 is 0 Å². The summed E-state index contributed by atoms with van der Waals surface area (Å²) in [6.07, 6.45) is 3.35. The zero-order chi connectivity index (χ0) is 15.6. The molecule has 0 radical (unpaired) electrons. The lowest BCUT2D eigenvalue weighted by Gasteiger charge is -2.28. The molecule has 1 aromatic heterocycles. The molecule has 2 unspecified atom stereocenters. The molecule has 0 aliphatic carbocycles. The largest absolute Gasteiger partial charge is 0.314 e. The lowest BCUT2D eigenvalue weighted by atomic mass is 10.0. The number of sulfonamides is 1. The van der Waals surface area contributed by atoms with Crippen molar-refractivity contribution in [2.24, 2.45) is 0 Å². The Bertz CT molecular complexity index is 756. The predicted octanol–water partition coefficient (Wildman–Crippen LogP) is 1.79. The average Bonchev–Trinajstić information content (AvgIpc) is 2.47. The third kappa shape index (κ3) is 3.63. The van der Waals surface area contributed by atoms with Gasteiger partial charge in [0.25, 0.3) is 0 Å². The van der Waals surface area contributed by atoms with Gasteiger partial charge in [0.1, 0.15) is 0 Å². The smallest absolute Gasteiger partial charge is 0.216 e. The minimum absolute atomic E-state index is 0.0178. The number of nitrogens with zero attached hydrogens (tertiary/aromatic N) is 1. The van der Waals surface area contributed by atoms with Gasteiger partial charge < -0.3 is 5.32 Å². The van der Waals surface area contributed by atoms with Crippen molar-refractivity contribution in [1.29, 1.82) is 0 Å². The molecule has 1 fully saturated rings. The summed E-state index contributed by atoms with van der Waals surface area (Å²) >= 11 is 0. The standard InChI is InChI=1S/C16H21N3O2S/c1-12-10-15(7-9-17-12)19-22(20,21)11-14-5-2-4-13-6-3-8-18-16(13)14/h2-6,8,12,15,17,19H,7,9-11H2,1H3. The molecular formula is C16H21N3O2S. The van der Waals surface area contributed by atoms with Gasteiger partial charge in [-0.25, -0.2) is 13.1 Å². The van der Waals surface area contributed by atoms with Crippen molar-refractivity contribution in [1.82, 2.24) is 15.0 Å². The van der Waals surface area contributed by atoms with E-state index in [9.17, 15) is 8.42 Å². The normalized spacial score (nSPS) is 22.8. The van der Waals surface area contributed by atoms with Crippen LogP contribution in [0.3, 0.4) is 0 Å². The lowest BCUT2D eigenvalue weighted by molar-refractivity contribution is 0.361. The minimum atomic E-state index is -3.37. The highest BCUT2D eigenvalue weighted by Crippen LogP contribution is 2.19. The fraction of sp³-hybridized carbons (Fsp3) is 0.438. The number of rotatable bonds is 4. The molecular weight excluding hydrogens is 298 g/mol. The van der Waals surface area contributed by atoms with Gasteiger partial charge >= 0.3 is 0 Å². The molecule has 5 nitrogen and oxygen atoms in total. The fourth-order valence-corrected chi connectivity index (χ4v) is 4.47. The van der Waals surface area contributed by atoms with Gasteiger partial charge in [-0.1, -0.05) is 24.3 Å². The van der Waals surface area contributed by atoms with Gasteiger partial charge in [-0.05, 0) is 37.9 Å². The molecule has 1 aromatic carbocycles. The van der Waals surface area contributed by atoms with E-state index in [1.54, 1.807) is 6.20 Å². The van der Waals surface area contributed by atoms with Crippen LogP contribution in [0, 0.1) is 0 Å². The molecule has 0 amide bonds. The van der Waals surface area contributed by atoms with Gasteiger partial charge in [0.05, 0.1) is 11.3 Å². The lowest BCUT2D eigenvalue weighted by Crippen LogP contribution is -2.46. The molecule has 2 heterocycles. The SMILES string of the molecule is CC1CC(NS(=O)(=O)Cc2cccc3cccnc23)CCN1. The Kier molecular flexibility index (Phi) is 4.42. The summed E-state index contributed by atoms with van der Waals surface area (Å²) in [7, 11) is -3.37. The highest BCUT2D eigenvalue weighted by molar-refractivity contribution is 7.88. The number of aromatic nitrogens is 1. The van der Waals surface area contributed by atoms with Gasteiger partial charge in [0, 0.05) is 23.7 Å². The van der Waals surface area contributed by atoms with Crippen LogP contribution < -0.4 is 10.0 Å². The second kappa shape index (κ2) is 6.32. The van der Waals surface area contributed by atoms with E-state index in [1.807, 2.05) is 30.3 Å². The predicted molar refractivity (Wildman–Crippen MR) is 88.0 cm³/mol. The van der Waals surface area contributed by atoms with Crippen molar-refractivity contribution in [2.45, 2.75) is 37.6 Å². The van der Waals surface area contributed by atoms with Crippen molar-refractivity contribution in [3.05, 3.63) is 42.1 Å². The van der Waals surface area contributed by atoms with E-state index < -0.39 is 10.0 Å². The number of hydrogen-bond acceptors (Lipinski definition) is 4. The summed E-state index contributed by atoms with van der Waals surface area (Å²) in [5, 5.41) is 4.29. The number of hydrogen-bond donors (Lipinski definition) is 2. The summed E-state index contributed by atoms with van der Waals surface area (Å²) in [6.45, 7) is 2.93. The molecule has 1 aliphatic heterocycles. The molecule has 0 spiro atoms. The Morgan fingerprint density at radius 3 is 2.95 bits per heavy atom.